The van der Waals surface area contributed by atoms with E-state index < -0.39 is 5.97 Å². The predicted octanol–water partition coefficient (Wildman–Crippen LogP) is 3.02. The summed E-state index contributed by atoms with van der Waals surface area (Å²) in [6, 6.07) is 12.0. The Morgan fingerprint density at radius 3 is 2.35 bits per heavy atom. The van der Waals surface area contributed by atoms with E-state index in [1.54, 1.807) is 44.6 Å². The predicted molar refractivity (Wildman–Crippen MR) is 117 cm³/mol. The highest BCUT2D eigenvalue weighted by Crippen LogP contribution is 2.32. The number of methoxy groups -OCH3 is 3. The summed E-state index contributed by atoms with van der Waals surface area (Å²) in [6.07, 6.45) is 0. The second-order valence-corrected chi connectivity index (χ2v) is 7.28. The van der Waals surface area contributed by atoms with E-state index in [2.05, 4.69) is 20.3 Å². The van der Waals surface area contributed by atoms with Gasteiger partial charge in [-0.3, -0.25) is 4.79 Å². The molecule has 31 heavy (non-hydrogen) atoms. The Morgan fingerprint density at radius 1 is 1.00 bits per heavy atom. The maximum atomic E-state index is 12.3. The highest BCUT2D eigenvalue weighted by Gasteiger charge is 2.15. The molecule has 0 saturated heterocycles. The van der Waals surface area contributed by atoms with Crippen molar-refractivity contribution in [3.63, 3.8) is 0 Å². The second kappa shape index (κ2) is 9.98. The third-order valence-corrected chi connectivity index (χ3v) is 5.42. The number of benzene rings is 2. The molecule has 2 aromatic carbocycles. The molecule has 0 unspecified atom stereocenters. The van der Waals surface area contributed by atoms with Crippen molar-refractivity contribution in [2.24, 2.45) is 7.05 Å². The van der Waals surface area contributed by atoms with Gasteiger partial charge in [-0.2, -0.15) is 0 Å². The number of amides is 1. The zero-order valence-corrected chi connectivity index (χ0v) is 18.4. The molecule has 0 atom stereocenters. The average molecular weight is 442 g/mol. The molecule has 0 bridgehead atoms. The molecule has 0 spiro atoms. The van der Waals surface area contributed by atoms with E-state index in [0.717, 1.165) is 5.56 Å². The summed E-state index contributed by atoms with van der Waals surface area (Å²) < 4.78 is 17.1. The van der Waals surface area contributed by atoms with E-state index in [1.807, 2.05) is 23.7 Å². The van der Waals surface area contributed by atoms with Gasteiger partial charge in [-0.15, -0.1) is 10.2 Å². The number of carbonyl (C=O) groups is 2. The summed E-state index contributed by atoms with van der Waals surface area (Å²) in [5.74, 6) is 1.38. The van der Waals surface area contributed by atoms with Crippen LogP contribution in [0.25, 0.3) is 11.4 Å². The number of nitrogens with one attached hydrogen (secondary N) is 1. The molecule has 0 fully saturated rings. The number of rotatable bonds is 8. The summed E-state index contributed by atoms with van der Waals surface area (Å²) in [7, 11) is 6.30. The zero-order valence-electron chi connectivity index (χ0n) is 17.5. The first-order valence-electron chi connectivity index (χ1n) is 9.19. The van der Waals surface area contributed by atoms with E-state index in [4.69, 9.17) is 9.47 Å². The normalized spacial score (nSPS) is 10.5. The van der Waals surface area contributed by atoms with E-state index in [9.17, 15) is 9.59 Å². The van der Waals surface area contributed by atoms with Gasteiger partial charge in [0, 0.05) is 18.3 Å². The minimum absolute atomic E-state index is 0.149. The fourth-order valence-corrected chi connectivity index (χ4v) is 3.51. The highest BCUT2D eigenvalue weighted by molar-refractivity contribution is 7.99. The van der Waals surface area contributed by atoms with Crippen molar-refractivity contribution in [2.75, 3.05) is 32.4 Å². The molecule has 0 aliphatic carbocycles. The van der Waals surface area contributed by atoms with Crippen molar-refractivity contribution in [1.82, 2.24) is 14.8 Å². The lowest BCUT2D eigenvalue weighted by Crippen LogP contribution is -2.14. The molecular formula is C21H22N4O5S. The fraction of sp³-hybridized carbons (Fsp3) is 0.238. The third kappa shape index (κ3) is 5.15. The highest BCUT2D eigenvalue weighted by atomic mass is 32.2. The van der Waals surface area contributed by atoms with Crippen LogP contribution in [0.1, 0.15) is 10.4 Å². The Labute approximate surface area is 183 Å². The standard InChI is InChI=1S/C21H22N4O5S/c1-25-19(14-7-10-16(28-2)17(11-14)29-3)23-24-21(25)31-12-18(26)22-15-8-5-13(6-9-15)20(27)30-4/h5-11H,12H2,1-4H3,(H,22,26). The summed E-state index contributed by atoms with van der Waals surface area (Å²) in [5.41, 5.74) is 1.81. The molecule has 0 aliphatic rings. The van der Waals surface area contributed by atoms with Crippen molar-refractivity contribution in [3.8, 4) is 22.9 Å². The van der Waals surface area contributed by atoms with Crippen molar-refractivity contribution in [2.45, 2.75) is 5.16 Å². The molecular weight excluding hydrogens is 420 g/mol. The van der Waals surface area contributed by atoms with Crippen LogP contribution in [-0.2, 0) is 16.6 Å². The van der Waals surface area contributed by atoms with Gasteiger partial charge in [0.2, 0.25) is 5.91 Å². The van der Waals surface area contributed by atoms with Gasteiger partial charge in [0.25, 0.3) is 0 Å². The second-order valence-electron chi connectivity index (χ2n) is 6.34. The first-order chi connectivity index (χ1) is 15.0. The quantitative estimate of drug-likeness (QED) is 0.419. The third-order valence-electron chi connectivity index (χ3n) is 4.40. The zero-order chi connectivity index (χ0) is 22.4. The Bertz CT molecular complexity index is 1080. The number of thioether (sulfide) groups is 1. The lowest BCUT2D eigenvalue weighted by Gasteiger charge is -2.09. The monoisotopic (exact) mass is 442 g/mol. The maximum Gasteiger partial charge on any atom is 0.337 e. The summed E-state index contributed by atoms with van der Waals surface area (Å²) in [6.45, 7) is 0. The summed E-state index contributed by atoms with van der Waals surface area (Å²) in [5, 5.41) is 11.8. The molecule has 9 nitrogen and oxygen atoms in total. The number of hydrogen-bond acceptors (Lipinski definition) is 8. The number of carbonyl (C=O) groups excluding carboxylic acids is 2. The van der Waals surface area contributed by atoms with Crippen LogP contribution in [0.5, 0.6) is 11.5 Å². The molecule has 0 aliphatic heterocycles. The molecule has 162 valence electrons. The lowest BCUT2D eigenvalue weighted by atomic mass is 10.2. The van der Waals surface area contributed by atoms with Crippen molar-refractivity contribution >= 4 is 29.3 Å². The summed E-state index contributed by atoms with van der Waals surface area (Å²) in [4.78, 5) is 23.8. The van der Waals surface area contributed by atoms with Gasteiger partial charge < -0.3 is 24.1 Å². The van der Waals surface area contributed by atoms with Crippen LogP contribution in [0.4, 0.5) is 5.69 Å². The number of anilines is 1. The van der Waals surface area contributed by atoms with E-state index in [-0.39, 0.29) is 11.7 Å². The molecule has 10 heteroatoms. The molecule has 1 N–H and O–H groups in total. The minimum atomic E-state index is -0.430. The van der Waals surface area contributed by atoms with E-state index in [1.165, 1.54) is 18.9 Å². The Hall–Kier alpha value is -3.53. The number of aromatic nitrogens is 3. The topological polar surface area (TPSA) is 105 Å². The van der Waals surface area contributed by atoms with Crippen LogP contribution >= 0.6 is 11.8 Å². The van der Waals surface area contributed by atoms with Crippen molar-refractivity contribution in [1.29, 1.82) is 0 Å². The van der Waals surface area contributed by atoms with Crippen molar-refractivity contribution < 1.29 is 23.8 Å². The van der Waals surface area contributed by atoms with Gasteiger partial charge >= 0.3 is 5.97 Å². The van der Waals surface area contributed by atoms with Gasteiger partial charge in [0.15, 0.2) is 22.5 Å². The van der Waals surface area contributed by atoms with Gasteiger partial charge in [-0.05, 0) is 42.5 Å². The minimum Gasteiger partial charge on any atom is -0.493 e. The molecule has 1 aromatic heterocycles. The fourth-order valence-electron chi connectivity index (χ4n) is 2.80. The number of ether oxygens (including phenoxy) is 3. The van der Waals surface area contributed by atoms with Crippen LogP contribution in [0.2, 0.25) is 0 Å². The van der Waals surface area contributed by atoms with Crippen LogP contribution in [-0.4, -0.2) is 53.7 Å². The lowest BCUT2D eigenvalue weighted by molar-refractivity contribution is -0.113. The number of esters is 1. The Kier molecular flexibility index (Phi) is 7.14. The van der Waals surface area contributed by atoms with Gasteiger partial charge in [-0.25, -0.2) is 4.79 Å². The number of nitrogens with zero attached hydrogens (tertiary/aromatic N) is 3. The molecule has 3 aromatic rings. The van der Waals surface area contributed by atoms with Gasteiger partial charge in [0.05, 0.1) is 32.6 Å². The molecule has 0 saturated carbocycles. The van der Waals surface area contributed by atoms with E-state index >= 15 is 0 Å². The van der Waals surface area contributed by atoms with Crippen LogP contribution in [0, 0.1) is 0 Å². The Balaban J connectivity index is 1.63. The maximum absolute atomic E-state index is 12.3. The van der Waals surface area contributed by atoms with Gasteiger partial charge in [-0.1, -0.05) is 11.8 Å². The van der Waals surface area contributed by atoms with Crippen LogP contribution in [0.15, 0.2) is 47.6 Å². The van der Waals surface area contributed by atoms with Crippen molar-refractivity contribution in [3.05, 3.63) is 48.0 Å². The summed E-state index contributed by atoms with van der Waals surface area (Å²) >= 11 is 1.27. The smallest absolute Gasteiger partial charge is 0.337 e. The van der Waals surface area contributed by atoms with Gasteiger partial charge in [0.1, 0.15) is 0 Å². The average Bonchev–Trinajstić information content (AvgIpc) is 3.17. The first-order valence-corrected chi connectivity index (χ1v) is 10.2. The molecule has 3 rings (SSSR count). The molecule has 1 amide bonds. The SMILES string of the molecule is COC(=O)c1ccc(NC(=O)CSc2nnc(-c3ccc(OC)c(OC)c3)n2C)cc1. The van der Waals surface area contributed by atoms with Crippen LogP contribution < -0.4 is 14.8 Å². The molecule has 0 radical (unpaired) electrons. The van der Waals surface area contributed by atoms with Crippen LogP contribution in [0.3, 0.4) is 0 Å². The Morgan fingerprint density at radius 2 is 1.71 bits per heavy atom. The van der Waals surface area contributed by atoms with E-state index in [0.29, 0.717) is 33.7 Å². The molecule has 1 heterocycles. The number of hydrogen-bond donors (Lipinski definition) is 1. The first kappa shape index (κ1) is 22.2. The largest absolute Gasteiger partial charge is 0.493 e.